The Balaban J connectivity index is 1.15. The number of ketones is 1. The first-order valence-electron chi connectivity index (χ1n) is 13.6. The van der Waals surface area contributed by atoms with Crippen molar-refractivity contribution in [2.45, 2.75) is 19.3 Å². The Morgan fingerprint density at radius 2 is 1.61 bits per heavy atom. The van der Waals surface area contributed by atoms with E-state index in [1.807, 2.05) is 0 Å². The molecule has 6 rings (SSSR count). The number of anilines is 2. The lowest BCUT2D eigenvalue weighted by atomic mass is 9.88. The van der Waals surface area contributed by atoms with E-state index >= 15 is 4.39 Å². The monoisotopic (exact) mass is 557 g/mol. The summed E-state index contributed by atoms with van der Waals surface area (Å²) in [6.07, 6.45) is 1.82. The van der Waals surface area contributed by atoms with Crippen LogP contribution < -0.4 is 5.32 Å². The highest BCUT2D eigenvalue weighted by Crippen LogP contribution is 2.35. The second-order valence-electron chi connectivity index (χ2n) is 10.3. The van der Waals surface area contributed by atoms with E-state index in [1.165, 1.54) is 6.07 Å². The lowest BCUT2D eigenvalue weighted by Crippen LogP contribution is -2.40. The third kappa shape index (κ3) is 5.43. The number of carboxylic acids is 1. The maximum atomic E-state index is 15.1. The first-order chi connectivity index (χ1) is 19.9. The van der Waals surface area contributed by atoms with Crippen LogP contribution in [-0.4, -0.2) is 59.0 Å². The number of nitrogens with zero attached hydrogens (tertiary/aromatic N) is 2. The Kier molecular flexibility index (Phi) is 7.23. The van der Waals surface area contributed by atoms with Gasteiger partial charge in [0.15, 0.2) is 11.4 Å². The molecule has 1 aliphatic heterocycles. The highest BCUT2D eigenvalue weighted by molar-refractivity contribution is 6.00. The molecule has 1 amide bonds. The smallest absolute Gasteiger partial charge is 0.307 e. The molecule has 0 spiro atoms. The van der Waals surface area contributed by atoms with Gasteiger partial charge < -0.3 is 24.5 Å². The van der Waals surface area contributed by atoms with Gasteiger partial charge in [0.2, 0.25) is 0 Å². The van der Waals surface area contributed by atoms with Crippen molar-refractivity contribution < 1.29 is 33.0 Å². The topological polar surface area (TPSA) is 122 Å². The third-order valence-corrected chi connectivity index (χ3v) is 7.82. The van der Waals surface area contributed by atoms with E-state index in [1.54, 1.807) is 59.5 Å². The van der Waals surface area contributed by atoms with E-state index in [4.69, 9.17) is 9.15 Å². The zero-order valence-electron chi connectivity index (χ0n) is 22.1. The molecule has 2 aliphatic rings. The van der Waals surface area contributed by atoms with Crippen LogP contribution in [0.2, 0.25) is 0 Å². The van der Waals surface area contributed by atoms with Crippen molar-refractivity contribution in [1.29, 1.82) is 0 Å². The number of carboxylic acid groups (broad SMARTS) is 1. The number of morpholine rings is 1. The highest BCUT2D eigenvalue weighted by Gasteiger charge is 2.37. The largest absolute Gasteiger partial charge is 0.481 e. The number of carbonyl (C=O) groups excluding carboxylic acids is 2. The van der Waals surface area contributed by atoms with E-state index < -0.39 is 23.6 Å². The van der Waals surface area contributed by atoms with Gasteiger partial charge >= 0.3 is 5.97 Å². The van der Waals surface area contributed by atoms with Crippen LogP contribution in [0.25, 0.3) is 22.2 Å². The number of Topliss-reactive ketones (excluding diaryl/α,β-unsaturated/α-hetero) is 1. The summed E-state index contributed by atoms with van der Waals surface area (Å²) in [6.45, 7) is 2.08. The van der Waals surface area contributed by atoms with Crippen molar-refractivity contribution in [2.24, 2.45) is 11.8 Å². The molecule has 1 aromatic heterocycles. The van der Waals surface area contributed by atoms with Gasteiger partial charge in [-0.05, 0) is 54.3 Å². The third-order valence-electron chi connectivity index (χ3n) is 7.82. The average Bonchev–Trinajstić information content (AvgIpc) is 3.65. The average molecular weight is 558 g/mol. The molecule has 2 heterocycles. The summed E-state index contributed by atoms with van der Waals surface area (Å²) in [5.74, 6) is -2.88. The molecule has 1 aliphatic carbocycles. The number of halogens is 1. The molecule has 1 saturated heterocycles. The van der Waals surface area contributed by atoms with Gasteiger partial charge in [0.05, 0.1) is 24.8 Å². The number of hydrogen-bond donors (Lipinski definition) is 2. The Morgan fingerprint density at radius 3 is 2.34 bits per heavy atom. The van der Waals surface area contributed by atoms with E-state index in [0.717, 1.165) is 6.42 Å². The zero-order chi connectivity index (χ0) is 28.5. The van der Waals surface area contributed by atoms with Crippen LogP contribution in [0.5, 0.6) is 0 Å². The van der Waals surface area contributed by atoms with Crippen LogP contribution in [0.3, 0.4) is 0 Å². The van der Waals surface area contributed by atoms with Crippen molar-refractivity contribution in [2.75, 3.05) is 31.6 Å². The van der Waals surface area contributed by atoms with Crippen LogP contribution >= 0.6 is 0 Å². The maximum Gasteiger partial charge on any atom is 0.307 e. The van der Waals surface area contributed by atoms with E-state index in [-0.39, 0.29) is 23.4 Å². The minimum Gasteiger partial charge on any atom is -0.481 e. The van der Waals surface area contributed by atoms with Gasteiger partial charge in [-0.15, -0.1) is 0 Å². The summed E-state index contributed by atoms with van der Waals surface area (Å²) in [6, 6.07) is 16.6. The number of carbonyl (C=O) groups is 3. The van der Waals surface area contributed by atoms with Crippen LogP contribution in [0.4, 0.5) is 16.1 Å². The molecule has 2 fully saturated rings. The van der Waals surface area contributed by atoms with Crippen LogP contribution in [0.15, 0.2) is 65.1 Å². The van der Waals surface area contributed by atoms with Crippen molar-refractivity contribution in [3.8, 4) is 11.1 Å². The Morgan fingerprint density at radius 1 is 0.902 bits per heavy atom. The van der Waals surface area contributed by atoms with Crippen LogP contribution in [-0.2, 0) is 9.53 Å². The number of benzene rings is 3. The molecular formula is C31H28FN3O6. The number of hydrogen-bond acceptors (Lipinski definition) is 7. The summed E-state index contributed by atoms with van der Waals surface area (Å²) >= 11 is 0. The number of ether oxygens (including phenoxy) is 1. The summed E-state index contributed by atoms with van der Waals surface area (Å²) in [7, 11) is 0. The molecule has 0 radical (unpaired) electrons. The van der Waals surface area contributed by atoms with Crippen molar-refractivity contribution >= 4 is 40.5 Å². The van der Waals surface area contributed by atoms with Gasteiger partial charge in [0.1, 0.15) is 11.3 Å². The standard InChI is InChI=1S/C31H28FN3O6/c32-24-16-20(18-4-6-19(7-5-18)28(36)22-2-1-3-23(22)30(38)39)8-10-25(24)33-31-34-26-11-9-21(17-27(26)41-31)29(37)35-12-14-40-15-13-35/h4-11,16-17,22-23H,1-3,12-15H2,(H,33,34)(H,38,39)/t22-,23?/m0/s1. The molecule has 3 aromatic carbocycles. The van der Waals surface area contributed by atoms with Gasteiger partial charge in [0.25, 0.3) is 11.9 Å². The maximum absolute atomic E-state index is 15.1. The molecule has 1 saturated carbocycles. The number of nitrogens with one attached hydrogen (secondary N) is 1. The minimum atomic E-state index is -0.928. The van der Waals surface area contributed by atoms with E-state index in [0.29, 0.717) is 72.5 Å². The lowest BCUT2D eigenvalue weighted by molar-refractivity contribution is -0.142. The van der Waals surface area contributed by atoms with Gasteiger partial charge in [-0.3, -0.25) is 14.4 Å². The van der Waals surface area contributed by atoms with Gasteiger partial charge in [-0.2, -0.15) is 4.98 Å². The molecule has 9 nitrogen and oxygen atoms in total. The van der Waals surface area contributed by atoms with E-state index in [2.05, 4.69) is 10.3 Å². The van der Waals surface area contributed by atoms with E-state index in [9.17, 15) is 19.5 Å². The number of oxazole rings is 1. The minimum absolute atomic E-state index is 0.0945. The summed E-state index contributed by atoms with van der Waals surface area (Å²) in [4.78, 5) is 43.3. The highest BCUT2D eigenvalue weighted by atomic mass is 19.1. The molecule has 41 heavy (non-hydrogen) atoms. The number of rotatable bonds is 7. The quantitative estimate of drug-likeness (QED) is 0.284. The fraction of sp³-hybridized carbons (Fsp3) is 0.290. The molecule has 4 aromatic rings. The second kappa shape index (κ2) is 11.1. The first-order valence-corrected chi connectivity index (χ1v) is 13.6. The Hall–Kier alpha value is -4.57. The number of fused-ring (bicyclic) bond motifs is 1. The van der Waals surface area contributed by atoms with Crippen molar-refractivity contribution in [1.82, 2.24) is 9.88 Å². The Bertz CT molecular complexity index is 1630. The number of amides is 1. The molecule has 2 atom stereocenters. The molecule has 2 N–H and O–H groups in total. The van der Waals surface area contributed by atoms with Gasteiger partial charge in [-0.25, -0.2) is 4.39 Å². The number of aromatic nitrogens is 1. The molecular weight excluding hydrogens is 529 g/mol. The summed E-state index contributed by atoms with van der Waals surface area (Å²) < 4.78 is 26.2. The summed E-state index contributed by atoms with van der Waals surface area (Å²) in [5, 5.41) is 12.3. The molecule has 10 heteroatoms. The SMILES string of the molecule is O=C(O)C1CCC[C@@H]1C(=O)c1ccc(-c2ccc(Nc3nc4ccc(C(=O)N5CCOCC5)cc4o3)c(F)c2)cc1. The normalized spacial score (nSPS) is 18.9. The van der Waals surface area contributed by atoms with Crippen LogP contribution in [0, 0.1) is 17.7 Å². The van der Waals surface area contributed by atoms with Crippen molar-refractivity contribution in [3.05, 3.63) is 77.6 Å². The molecule has 0 bridgehead atoms. The van der Waals surface area contributed by atoms with Gasteiger partial charge in [0, 0.05) is 30.1 Å². The summed E-state index contributed by atoms with van der Waals surface area (Å²) in [5.41, 5.74) is 3.37. The van der Waals surface area contributed by atoms with Gasteiger partial charge in [-0.1, -0.05) is 36.8 Å². The number of aliphatic carboxylic acids is 1. The first kappa shape index (κ1) is 26.6. The zero-order valence-corrected chi connectivity index (χ0v) is 22.1. The fourth-order valence-corrected chi connectivity index (χ4v) is 5.58. The van der Waals surface area contributed by atoms with Crippen molar-refractivity contribution in [3.63, 3.8) is 0 Å². The Labute approximate surface area is 234 Å². The predicted octanol–water partition coefficient (Wildman–Crippen LogP) is 5.53. The fourth-order valence-electron chi connectivity index (χ4n) is 5.58. The second-order valence-corrected chi connectivity index (χ2v) is 10.3. The predicted molar refractivity (Wildman–Crippen MR) is 149 cm³/mol. The molecule has 1 unspecified atom stereocenters. The van der Waals surface area contributed by atoms with Crippen LogP contribution in [0.1, 0.15) is 40.0 Å². The lowest BCUT2D eigenvalue weighted by Gasteiger charge is -2.26. The molecule has 210 valence electrons.